The summed E-state index contributed by atoms with van der Waals surface area (Å²) in [6.07, 6.45) is 0. The van der Waals surface area contributed by atoms with Crippen LogP contribution in [-0.4, -0.2) is 23.2 Å². The zero-order chi connectivity index (χ0) is 11.8. The van der Waals surface area contributed by atoms with Crippen LogP contribution in [0, 0.1) is 5.82 Å². The molecule has 0 saturated carbocycles. The number of halogens is 3. The zero-order valence-electron chi connectivity index (χ0n) is 9.19. The number of nitrogens with zero attached hydrogens (tertiary/aromatic N) is 2. The lowest BCUT2D eigenvalue weighted by atomic mass is 10.0. The maximum Gasteiger partial charge on any atom is 0.232 e. The number of nitrogens with one attached hydrogen (secondary N) is 1. The number of benzene rings is 1. The molecular formula is C11H10Cl2FN3O. The van der Waals surface area contributed by atoms with Crippen molar-refractivity contribution in [3.63, 3.8) is 0 Å². The summed E-state index contributed by atoms with van der Waals surface area (Å²) in [6.45, 7) is 1.62. The van der Waals surface area contributed by atoms with Gasteiger partial charge in [-0.15, -0.1) is 12.4 Å². The second-order valence-corrected chi connectivity index (χ2v) is 4.32. The predicted octanol–water partition coefficient (Wildman–Crippen LogP) is 2.64. The summed E-state index contributed by atoms with van der Waals surface area (Å²) < 4.78 is 18.7. The van der Waals surface area contributed by atoms with E-state index in [9.17, 15) is 4.39 Å². The predicted molar refractivity (Wildman–Crippen MR) is 67.6 cm³/mol. The summed E-state index contributed by atoms with van der Waals surface area (Å²) in [5.41, 5.74) is 0.191. The Bertz CT molecular complexity index is 537. The van der Waals surface area contributed by atoms with E-state index in [2.05, 4.69) is 15.5 Å². The minimum atomic E-state index is -0.448. The van der Waals surface area contributed by atoms with E-state index in [1.165, 1.54) is 12.1 Å². The van der Waals surface area contributed by atoms with Gasteiger partial charge in [0.1, 0.15) is 5.82 Å². The second-order valence-electron chi connectivity index (χ2n) is 3.91. The van der Waals surface area contributed by atoms with Crippen LogP contribution in [0.2, 0.25) is 5.02 Å². The molecule has 18 heavy (non-hydrogen) atoms. The maximum atomic E-state index is 13.6. The first-order valence-corrected chi connectivity index (χ1v) is 5.62. The third-order valence-electron chi connectivity index (χ3n) is 2.76. The molecule has 3 rings (SSSR count). The standard InChI is InChI=1S/C11H9ClFN3O.ClH/c12-7-2-1-3-8(13)9(7)10-15-11(17-16-10)6-4-14-5-6;/h1-3,6,14H,4-5H2;1H. The first-order chi connectivity index (χ1) is 8.25. The molecule has 1 fully saturated rings. The monoisotopic (exact) mass is 289 g/mol. The van der Waals surface area contributed by atoms with Gasteiger partial charge in [0, 0.05) is 13.1 Å². The van der Waals surface area contributed by atoms with Crippen LogP contribution in [0.3, 0.4) is 0 Å². The molecule has 7 heteroatoms. The molecule has 2 heterocycles. The van der Waals surface area contributed by atoms with Crippen LogP contribution >= 0.6 is 24.0 Å². The molecule has 96 valence electrons. The van der Waals surface area contributed by atoms with E-state index in [-0.39, 0.29) is 34.7 Å². The summed E-state index contributed by atoms with van der Waals surface area (Å²) in [5.74, 6) is 0.506. The number of rotatable bonds is 2. The molecule has 2 aromatic rings. The van der Waals surface area contributed by atoms with E-state index in [1.807, 2.05) is 0 Å². The summed E-state index contributed by atoms with van der Waals surface area (Å²) >= 11 is 5.93. The van der Waals surface area contributed by atoms with Gasteiger partial charge < -0.3 is 9.84 Å². The van der Waals surface area contributed by atoms with Gasteiger partial charge in [-0.1, -0.05) is 22.8 Å². The highest BCUT2D eigenvalue weighted by atomic mass is 35.5. The summed E-state index contributed by atoms with van der Waals surface area (Å²) in [4.78, 5) is 4.18. The Morgan fingerprint density at radius 3 is 2.78 bits per heavy atom. The third-order valence-corrected chi connectivity index (χ3v) is 3.07. The highest BCUT2D eigenvalue weighted by molar-refractivity contribution is 6.33. The van der Waals surface area contributed by atoms with Crippen molar-refractivity contribution >= 4 is 24.0 Å². The van der Waals surface area contributed by atoms with Crippen molar-refractivity contribution in [1.82, 2.24) is 15.5 Å². The SMILES string of the molecule is Cl.Fc1cccc(Cl)c1-c1noc(C2CNC2)n1. The van der Waals surface area contributed by atoms with Gasteiger partial charge >= 0.3 is 0 Å². The highest BCUT2D eigenvalue weighted by Crippen LogP contribution is 2.29. The number of hydrogen-bond acceptors (Lipinski definition) is 4. The summed E-state index contributed by atoms with van der Waals surface area (Å²) in [6, 6.07) is 4.46. The third kappa shape index (κ3) is 2.21. The molecule has 1 aliphatic rings. The molecule has 0 spiro atoms. The van der Waals surface area contributed by atoms with E-state index in [4.69, 9.17) is 16.1 Å². The highest BCUT2D eigenvalue weighted by Gasteiger charge is 2.26. The average molecular weight is 290 g/mol. The van der Waals surface area contributed by atoms with Crippen LogP contribution in [0.4, 0.5) is 4.39 Å². The van der Waals surface area contributed by atoms with E-state index < -0.39 is 5.82 Å². The van der Waals surface area contributed by atoms with E-state index >= 15 is 0 Å². The lowest BCUT2D eigenvalue weighted by Gasteiger charge is -2.22. The van der Waals surface area contributed by atoms with Gasteiger partial charge in [-0.25, -0.2) is 4.39 Å². The van der Waals surface area contributed by atoms with Crippen molar-refractivity contribution < 1.29 is 8.91 Å². The average Bonchev–Trinajstić information content (AvgIpc) is 2.64. The molecule has 0 unspecified atom stereocenters. The molecule has 1 aromatic carbocycles. The van der Waals surface area contributed by atoms with Crippen molar-refractivity contribution in [1.29, 1.82) is 0 Å². The normalized spacial score (nSPS) is 15.0. The van der Waals surface area contributed by atoms with Crippen molar-refractivity contribution in [3.05, 3.63) is 34.9 Å². The molecular weight excluding hydrogens is 280 g/mol. The fourth-order valence-corrected chi connectivity index (χ4v) is 1.92. The van der Waals surface area contributed by atoms with Gasteiger partial charge in [0.2, 0.25) is 11.7 Å². The van der Waals surface area contributed by atoms with Crippen molar-refractivity contribution in [3.8, 4) is 11.4 Å². The van der Waals surface area contributed by atoms with Gasteiger partial charge in [0.25, 0.3) is 0 Å². The topological polar surface area (TPSA) is 51.0 Å². The van der Waals surface area contributed by atoms with Gasteiger partial charge in [-0.05, 0) is 12.1 Å². The minimum absolute atomic E-state index is 0. The van der Waals surface area contributed by atoms with E-state index in [1.54, 1.807) is 6.07 Å². The molecule has 0 radical (unpaired) electrons. The Morgan fingerprint density at radius 1 is 1.39 bits per heavy atom. The van der Waals surface area contributed by atoms with E-state index in [0.717, 1.165) is 13.1 Å². The smallest absolute Gasteiger partial charge is 0.232 e. The Balaban J connectivity index is 0.00000120. The van der Waals surface area contributed by atoms with Gasteiger partial charge in [-0.3, -0.25) is 0 Å². The van der Waals surface area contributed by atoms with Crippen molar-refractivity contribution in [2.45, 2.75) is 5.92 Å². The second kappa shape index (κ2) is 5.22. The zero-order valence-corrected chi connectivity index (χ0v) is 10.8. The van der Waals surface area contributed by atoms with Crippen LogP contribution in [0.1, 0.15) is 11.8 Å². The first kappa shape index (κ1) is 13.3. The van der Waals surface area contributed by atoms with Crippen LogP contribution in [0.5, 0.6) is 0 Å². The van der Waals surface area contributed by atoms with Gasteiger partial charge in [0.15, 0.2) is 0 Å². The molecule has 0 aliphatic carbocycles. The Kier molecular flexibility index (Phi) is 3.85. The van der Waals surface area contributed by atoms with Crippen LogP contribution in [0.25, 0.3) is 11.4 Å². The largest absolute Gasteiger partial charge is 0.339 e. The fourth-order valence-electron chi connectivity index (χ4n) is 1.68. The molecule has 1 aliphatic heterocycles. The molecule has 0 atom stereocenters. The lowest BCUT2D eigenvalue weighted by molar-refractivity contribution is 0.308. The van der Waals surface area contributed by atoms with Crippen LogP contribution in [0.15, 0.2) is 22.7 Å². The summed E-state index contributed by atoms with van der Waals surface area (Å²) in [7, 11) is 0. The van der Waals surface area contributed by atoms with E-state index in [0.29, 0.717) is 5.89 Å². The van der Waals surface area contributed by atoms with Gasteiger partial charge in [0.05, 0.1) is 16.5 Å². The minimum Gasteiger partial charge on any atom is -0.339 e. The lowest BCUT2D eigenvalue weighted by Crippen LogP contribution is -2.40. The quantitative estimate of drug-likeness (QED) is 0.923. The Morgan fingerprint density at radius 2 is 2.17 bits per heavy atom. The van der Waals surface area contributed by atoms with Gasteiger partial charge in [-0.2, -0.15) is 4.98 Å². The molecule has 1 aromatic heterocycles. The van der Waals surface area contributed by atoms with Crippen molar-refractivity contribution in [2.75, 3.05) is 13.1 Å². The Labute approximate surface area is 114 Å². The number of hydrogen-bond donors (Lipinski definition) is 1. The van der Waals surface area contributed by atoms with Crippen LogP contribution < -0.4 is 5.32 Å². The fraction of sp³-hybridized carbons (Fsp3) is 0.273. The Hall–Kier alpha value is -1.17. The van der Waals surface area contributed by atoms with Crippen LogP contribution in [-0.2, 0) is 0 Å². The molecule has 0 bridgehead atoms. The summed E-state index contributed by atoms with van der Waals surface area (Å²) in [5, 5.41) is 7.16. The maximum absolute atomic E-state index is 13.6. The molecule has 4 nitrogen and oxygen atoms in total. The van der Waals surface area contributed by atoms with Crippen molar-refractivity contribution in [2.24, 2.45) is 0 Å². The number of aromatic nitrogens is 2. The molecule has 1 saturated heterocycles. The molecule has 1 N–H and O–H groups in total. The first-order valence-electron chi connectivity index (χ1n) is 5.24. The molecule has 0 amide bonds.